The maximum Gasteiger partial charge on any atom is 0.253 e. The summed E-state index contributed by atoms with van der Waals surface area (Å²) in [5.41, 5.74) is 1.86. The van der Waals surface area contributed by atoms with Gasteiger partial charge in [0.25, 0.3) is 5.91 Å². The normalized spacial score (nSPS) is 11.7. The second kappa shape index (κ2) is 11.5. The zero-order valence-electron chi connectivity index (χ0n) is 17.3. The molecule has 1 heterocycles. The maximum absolute atomic E-state index is 12.9. The summed E-state index contributed by atoms with van der Waals surface area (Å²) in [5.74, 6) is 0.352. The lowest BCUT2D eigenvalue weighted by Gasteiger charge is -2.26. The lowest BCUT2D eigenvalue weighted by atomic mass is 10.1. The van der Waals surface area contributed by atoms with Gasteiger partial charge >= 0.3 is 0 Å². The first-order valence-electron chi connectivity index (χ1n) is 10.1. The Hall–Kier alpha value is -2.47. The molecule has 0 spiro atoms. The smallest absolute Gasteiger partial charge is 0.253 e. The number of hydrogen-bond donors (Lipinski definition) is 2. The van der Waals surface area contributed by atoms with Crippen LogP contribution in [0.2, 0.25) is 0 Å². The zero-order chi connectivity index (χ0) is 21.2. The van der Waals surface area contributed by atoms with Gasteiger partial charge in [0.15, 0.2) is 0 Å². The van der Waals surface area contributed by atoms with E-state index in [1.54, 1.807) is 25.3 Å². The van der Waals surface area contributed by atoms with Crippen molar-refractivity contribution in [3.8, 4) is 0 Å². The summed E-state index contributed by atoms with van der Waals surface area (Å²) in [4.78, 5) is 27.0. The molecule has 0 bridgehead atoms. The van der Waals surface area contributed by atoms with Gasteiger partial charge in [-0.3, -0.25) is 9.59 Å². The van der Waals surface area contributed by atoms with Crippen LogP contribution in [-0.4, -0.2) is 30.3 Å². The van der Waals surface area contributed by atoms with E-state index in [-0.39, 0.29) is 11.8 Å². The van der Waals surface area contributed by atoms with E-state index in [1.807, 2.05) is 25.1 Å². The van der Waals surface area contributed by atoms with Crippen molar-refractivity contribution >= 4 is 34.8 Å². The average Bonchev–Trinajstić information content (AvgIpc) is 3.22. The Labute approximate surface area is 177 Å². The number of amides is 2. The fourth-order valence-corrected chi connectivity index (χ4v) is 2.93. The van der Waals surface area contributed by atoms with Gasteiger partial charge in [-0.25, -0.2) is 0 Å². The molecule has 7 heteroatoms. The van der Waals surface area contributed by atoms with Crippen LogP contribution < -0.4 is 15.5 Å². The van der Waals surface area contributed by atoms with Crippen LogP contribution in [0.15, 0.2) is 41.0 Å². The van der Waals surface area contributed by atoms with Crippen molar-refractivity contribution in [2.24, 2.45) is 0 Å². The highest BCUT2D eigenvalue weighted by Crippen LogP contribution is 2.27. The summed E-state index contributed by atoms with van der Waals surface area (Å²) >= 11 is 5.86. The van der Waals surface area contributed by atoms with Crippen molar-refractivity contribution < 1.29 is 14.0 Å². The molecule has 0 saturated carbocycles. The lowest BCUT2D eigenvalue weighted by molar-refractivity contribution is -0.115. The summed E-state index contributed by atoms with van der Waals surface area (Å²) in [5, 5.41) is 5.03. The molecule has 0 aliphatic rings. The van der Waals surface area contributed by atoms with Crippen LogP contribution in [0.1, 0.15) is 56.2 Å². The summed E-state index contributed by atoms with van der Waals surface area (Å²) in [6.45, 7) is 7.67. The van der Waals surface area contributed by atoms with Gasteiger partial charge in [-0.15, -0.1) is 11.6 Å². The second-order valence-electron chi connectivity index (χ2n) is 6.95. The quantitative estimate of drug-likeness (QED) is 0.513. The average molecular weight is 420 g/mol. The third kappa shape index (κ3) is 6.82. The molecule has 0 fully saturated rings. The molecule has 2 amide bonds. The minimum absolute atomic E-state index is 0.169. The Balaban J connectivity index is 2.38. The molecule has 0 radical (unpaired) electrons. The Morgan fingerprint density at radius 2 is 2.00 bits per heavy atom. The maximum atomic E-state index is 12.9. The monoisotopic (exact) mass is 419 g/mol. The van der Waals surface area contributed by atoms with Gasteiger partial charge in [-0.1, -0.05) is 20.3 Å². The van der Waals surface area contributed by atoms with Crippen LogP contribution in [-0.2, 0) is 11.3 Å². The Morgan fingerprint density at radius 1 is 1.21 bits per heavy atom. The summed E-state index contributed by atoms with van der Waals surface area (Å²) < 4.78 is 5.52. The van der Waals surface area contributed by atoms with E-state index in [9.17, 15) is 9.59 Å². The fraction of sp³-hybridized carbons (Fsp3) is 0.455. The molecule has 0 aliphatic carbocycles. The lowest BCUT2D eigenvalue weighted by Crippen LogP contribution is -2.30. The number of carbonyl (C=O) groups excluding carboxylic acids is 2. The van der Waals surface area contributed by atoms with Crippen molar-refractivity contribution in [2.75, 3.05) is 23.3 Å². The molecule has 2 N–H and O–H groups in total. The summed E-state index contributed by atoms with van der Waals surface area (Å²) in [6.07, 6.45) is 4.51. The van der Waals surface area contributed by atoms with Crippen LogP contribution in [0, 0.1) is 0 Å². The zero-order valence-corrected chi connectivity index (χ0v) is 18.1. The van der Waals surface area contributed by atoms with E-state index in [0.717, 1.165) is 37.3 Å². The third-order valence-corrected chi connectivity index (χ3v) is 4.65. The van der Waals surface area contributed by atoms with Gasteiger partial charge in [-0.2, -0.15) is 0 Å². The number of rotatable bonds is 11. The van der Waals surface area contributed by atoms with E-state index >= 15 is 0 Å². The Kier molecular flexibility index (Phi) is 9.06. The predicted octanol–water partition coefficient (Wildman–Crippen LogP) is 4.79. The molecule has 29 heavy (non-hydrogen) atoms. The van der Waals surface area contributed by atoms with Crippen molar-refractivity contribution in [3.63, 3.8) is 0 Å². The minimum atomic E-state index is -0.660. The summed E-state index contributed by atoms with van der Waals surface area (Å²) in [6, 6.07) is 9.15. The van der Waals surface area contributed by atoms with E-state index in [4.69, 9.17) is 16.0 Å². The van der Waals surface area contributed by atoms with Crippen LogP contribution in [0.5, 0.6) is 0 Å². The number of halogens is 1. The van der Waals surface area contributed by atoms with Gasteiger partial charge in [0.1, 0.15) is 11.1 Å². The van der Waals surface area contributed by atoms with Crippen LogP contribution >= 0.6 is 11.6 Å². The molecule has 1 atom stereocenters. The number of benzene rings is 1. The fourth-order valence-electron chi connectivity index (χ4n) is 2.87. The van der Waals surface area contributed by atoms with Gasteiger partial charge in [0, 0.05) is 18.8 Å². The Bertz CT molecular complexity index is 791. The number of anilines is 2. The third-order valence-electron chi connectivity index (χ3n) is 4.45. The standard InChI is InChI=1S/C22H30ClN3O3/c1-4-6-12-26(15-18-8-7-13-29-18)20-10-9-17(25-21(27)16(3)23)14-19(20)22(28)24-11-5-2/h7-10,13-14,16H,4-6,11-12,15H2,1-3H3,(H,24,28)(H,25,27). The molecule has 1 aromatic carbocycles. The molecule has 1 aromatic heterocycles. The van der Waals surface area contributed by atoms with Crippen molar-refractivity contribution in [1.29, 1.82) is 0 Å². The molecule has 158 valence electrons. The van der Waals surface area contributed by atoms with Gasteiger partial charge in [0.2, 0.25) is 5.91 Å². The van der Waals surface area contributed by atoms with Gasteiger partial charge in [0.05, 0.1) is 24.1 Å². The number of carbonyl (C=O) groups is 2. The van der Waals surface area contributed by atoms with Gasteiger partial charge < -0.3 is 20.0 Å². The first-order chi connectivity index (χ1) is 14.0. The number of furan rings is 1. The first kappa shape index (κ1) is 22.8. The molecule has 1 unspecified atom stereocenters. The summed E-state index contributed by atoms with van der Waals surface area (Å²) in [7, 11) is 0. The molecule has 0 saturated heterocycles. The highest BCUT2D eigenvalue weighted by Gasteiger charge is 2.19. The number of nitrogens with zero attached hydrogens (tertiary/aromatic N) is 1. The van der Waals surface area contributed by atoms with Crippen molar-refractivity contribution in [1.82, 2.24) is 5.32 Å². The van der Waals surface area contributed by atoms with Gasteiger partial charge in [-0.05, 0) is 50.1 Å². The molecular formula is C22H30ClN3O3. The SMILES string of the molecule is CCCCN(Cc1ccco1)c1ccc(NC(=O)C(C)Cl)cc1C(=O)NCCC. The highest BCUT2D eigenvalue weighted by molar-refractivity contribution is 6.32. The highest BCUT2D eigenvalue weighted by atomic mass is 35.5. The van der Waals surface area contributed by atoms with E-state index < -0.39 is 5.38 Å². The topological polar surface area (TPSA) is 74.6 Å². The Morgan fingerprint density at radius 3 is 2.62 bits per heavy atom. The number of nitrogens with one attached hydrogen (secondary N) is 2. The first-order valence-corrected chi connectivity index (χ1v) is 10.5. The number of unbranched alkanes of at least 4 members (excludes halogenated alkanes) is 1. The van der Waals surface area contributed by atoms with Crippen LogP contribution in [0.4, 0.5) is 11.4 Å². The van der Waals surface area contributed by atoms with Crippen molar-refractivity contribution in [3.05, 3.63) is 47.9 Å². The molecule has 0 aliphatic heterocycles. The van der Waals surface area contributed by atoms with Crippen LogP contribution in [0.3, 0.4) is 0 Å². The number of alkyl halides is 1. The largest absolute Gasteiger partial charge is 0.467 e. The van der Waals surface area contributed by atoms with Crippen LogP contribution in [0.25, 0.3) is 0 Å². The molecule has 2 aromatic rings. The van der Waals surface area contributed by atoms with Crippen molar-refractivity contribution in [2.45, 2.75) is 52.0 Å². The molecule has 6 nitrogen and oxygen atoms in total. The molecule has 2 rings (SSSR count). The van der Waals surface area contributed by atoms with E-state index in [1.165, 1.54) is 0 Å². The minimum Gasteiger partial charge on any atom is -0.467 e. The number of hydrogen-bond acceptors (Lipinski definition) is 4. The van der Waals surface area contributed by atoms with E-state index in [0.29, 0.717) is 24.3 Å². The predicted molar refractivity (Wildman–Crippen MR) is 118 cm³/mol. The molecular weight excluding hydrogens is 390 g/mol. The van der Waals surface area contributed by atoms with E-state index in [2.05, 4.69) is 22.5 Å². The second-order valence-corrected chi connectivity index (χ2v) is 7.60.